The van der Waals surface area contributed by atoms with E-state index in [1.807, 2.05) is 24.3 Å². The number of carbonyl (C=O) groups excluding carboxylic acids is 1. The van der Waals surface area contributed by atoms with Gasteiger partial charge in [0, 0.05) is 18.9 Å². The van der Waals surface area contributed by atoms with Gasteiger partial charge in [0.15, 0.2) is 6.19 Å². The summed E-state index contributed by atoms with van der Waals surface area (Å²) in [5.41, 5.74) is 7.15. The van der Waals surface area contributed by atoms with Crippen molar-refractivity contribution in [3.63, 3.8) is 0 Å². The van der Waals surface area contributed by atoms with Crippen LogP contribution in [-0.2, 0) is 0 Å². The molecule has 2 heterocycles. The highest BCUT2D eigenvalue weighted by molar-refractivity contribution is 5.98. The molecular formula is C21H24N10O. The minimum atomic E-state index is -0.635. The Morgan fingerprint density at radius 1 is 1.28 bits per heavy atom. The molecule has 11 heteroatoms. The van der Waals surface area contributed by atoms with Crippen molar-refractivity contribution in [1.82, 2.24) is 29.9 Å². The van der Waals surface area contributed by atoms with Gasteiger partial charge in [0.1, 0.15) is 11.4 Å². The fourth-order valence-corrected chi connectivity index (χ4v) is 3.90. The highest BCUT2D eigenvalue weighted by atomic mass is 16.1. The zero-order valence-electron chi connectivity index (χ0n) is 17.6. The Kier molecular flexibility index (Phi) is 6.12. The summed E-state index contributed by atoms with van der Waals surface area (Å²) in [5, 5.41) is 24.1. The van der Waals surface area contributed by atoms with Crippen molar-refractivity contribution in [2.24, 2.45) is 5.73 Å². The Morgan fingerprint density at radius 3 is 2.81 bits per heavy atom. The second kappa shape index (κ2) is 9.30. The average Bonchev–Trinajstić information content (AvgIpc) is 3.34. The van der Waals surface area contributed by atoms with Crippen molar-refractivity contribution in [3.05, 3.63) is 48.4 Å². The molecule has 0 bridgehead atoms. The van der Waals surface area contributed by atoms with E-state index in [0.29, 0.717) is 17.5 Å². The van der Waals surface area contributed by atoms with Gasteiger partial charge in [-0.25, -0.2) is 4.98 Å². The van der Waals surface area contributed by atoms with Gasteiger partial charge in [0.05, 0.1) is 30.2 Å². The van der Waals surface area contributed by atoms with Gasteiger partial charge in [0.25, 0.3) is 5.91 Å². The van der Waals surface area contributed by atoms with Crippen molar-refractivity contribution in [2.75, 3.05) is 17.7 Å². The molecule has 4 N–H and O–H groups in total. The summed E-state index contributed by atoms with van der Waals surface area (Å²) < 4.78 is 0. The zero-order valence-corrected chi connectivity index (χ0v) is 17.6. The number of aromatic nitrogens is 5. The second-order valence-corrected chi connectivity index (χ2v) is 7.63. The first-order chi connectivity index (χ1) is 15.5. The van der Waals surface area contributed by atoms with Crippen LogP contribution >= 0.6 is 0 Å². The van der Waals surface area contributed by atoms with Gasteiger partial charge in [-0.2, -0.15) is 25.2 Å². The lowest BCUT2D eigenvalue weighted by Gasteiger charge is -2.35. The molecule has 2 atom stereocenters. The molecule has 1 saturated carbocycles. The Morgan fingerprint density at radius 2 is 2.06 bits per heavy atom. The summed E-state index contributed by atoms with van der Waals surface area (Å²) in [6, 6.07) is 7.46. The van der Waals surface area contributed by atoms with E-state index in [9.17, 15) is 10.1 Å². The molecule has 1 aromatic carbocycles. The molecule has 0 unspecified atom stereocenters. The van der Waals surface area contributed by atoms with Gasteiger partial charge in [0.2, 0.25) is 5.95 Å². The number of hydrogen-bond acceptors (Lipinski definition) is 9. The average molecular weight is 432 g/mol. The number of hydrogen-bond donors (Lipinski definition) is 3. The normalized spacial score (nSPS) is 17.9. The summed E-state index contributed by atoms with van der Waals surface area (Å²) in [6.45, 7) is 0. The minimum absolute atomic E-state index is 0.0231. The van der Waals surface area contributed by atoms with Crippen LogP contribution in [0.25, 0.3) is 5.69 Å². The number of anilines is 3. The zero-order chi connectivity index (χ0) is 22.5. The van der Waals surface area contributed by atoms with Crippen molar-refractivity contribution >= 4 is 23.4 Å². The number of carbonyl (C=O) groups is 1. The maximum atomic E-state index is 12.0. The highest BCUT2D eigenvalue weighted by Crippen LogP contribution is 2.26. The van der Waals surface area contributed by atoms with Crippen LogP contribution in [-0.4, -0.2) is 54.9 Å². The van der Waals surface area contributed by atoms with Crippen molar-refractivity contribution in [3.8, 4) is 11.9 Å². The Labute approximate surface area is 185 Å². The fraction of sp³-hybridized carbons (Fsp3) is 0.333. The summed E-state index contributed by atoms with van der Waals surface area (Å²) in [7, 11) is 1.79. The standard InChI is InChI=1S/C21H24N10O/c1-30(13-22)18-8-3-2-7-17(18)28-21-24-12-16(19(23)32)20(29-21)27-14-5-4-6-15(11-14)31-25-9-10-26-31/h4-6,9-12,17-18H,2-3,7-8H2,1H3,(H2,23,32)(H2,24,27,28,29)/t17-,18+/m1/s1. The smallest absolute Gasteiger partial charge is 0.254 e. The monoisotopic (exact) mass is 432 g/mol. The van der Waals surface area contributed by atoms with Crippen molar-refractivity contribution in [2.45, 2.75) is 37.8 Å². The molecule has 1 amide bonds. The number of nitriles is 1. The number of nitrogens with two attached hydrogens (primary N) is 1. The SMILES string of the molecule is CN(C#N)[C@H]1CCCC[C@H]1Nc1ncc(C(N)=O)c(Nc2cccc(-n3nccn3)c2)n1. The number of rotatable bonds is 7. The molecule has 0 aliphatic heterocycles. The van der Waals surface area contributed by atoms with Crippen LogP contribution in [0.1, 0.15) is 36.0 Å². The van der Waals surface area contributed by atoms with E-state index in [1.54, 1.807) is 24.3 Å². The number of primary amides is 1. The lowest BCUT2D eigenvalue weighted by molar-refractivity contribution is 0.100. The third kappa shape index (κ3) is 4.59. The summed E-state index contributed by atoms with van der Waals surface area (Å²) in [4.78, 5) is 23.9. The predicted molar refractivity (Wildman–Crippen MR) is 118 cm³/mol. The minimum Gasteiger partial charge on any atom is -0.365 e. The van der Waals surface area contributed by atoms with E-state index in [0.717, 1.165) is 31.4 Å². The quantitative estimate of drug-likeness (QED) is 0.376. The van der Waals surface area contributed by atoms with E-state index in [1.165, 1.54) is 11.0 Å². The molecule has 4 rings (SSSR count). The van der Waals surface area contributed by atoms with E-state index >= 15 is 0 Å². The maximum absolute atomic E-state index is 12.0. The molecule has 0 radical (unpaired) electrons. The lowest BCUT2D eigenvalue weighted by Crippen LogP contribution is -2.45. The molecular weight excluding hydrogens is 408 g/mol. The van der Waals surface area contributed by atoms with Crippen LogP contribution in [0.5, 0.6) is 0 Å². The highest BCUT2D eigenvalue weighted by Gasteiger charge is 2.29. The summed E-state index contributed by atoms with van der Waals surface area (Å²) in [5.74, 6) is 0.0240. The van der Waals surface area contributed by atoms with Crippen LogP contribution in [0, 0.1) is 11.5 Å². The molecule has 1 aliphatic carbocycles. The van der Waals surface area contributed by atoms with Gasteiger partial charge in [-0.1, -0.05) is 18.9 Å². The van der Waals surface area contributed by atoms with Crippen molar-refractivity contribution < 1.29 is 4.79 Å². The van der Waals surface area contributed by atoms with Crippen LogP contribution in [0.4, 0.5) is 17.5 Å². The van der Waals surface area contributed by atoms with Gasteiger partial charge in [-0.15, -0.1) is 0 Å². The summed E-state index contributed by atoms with van der Waals surface area (Å²) >= 11 is 0. The molecule has 164 valence electrons. The molecule has 32 heavy (non-hydrogen) atoms. The third-order valence-corrected chi connectivity index (χ3v) is 5.51. The second-order valence-electron chi connectivity index (χ2n) is 7.63. The Hall–Kier alpha value is -4.20. The van der Waals surface area contributed by atoms with Crippen molar-refractivity contribution in [1.29, 1.82) is 5.26 Å². The predicted octanol–water partition coefficient (Wildman–Crippen LogP) is 2.04. The van der Waals surface area contributed by atoms with E-state index < -0.39 is 5.91 Å². The van der Waals surface area contributed by atoms with E-state index in [2.05, 4.69) is 37.0 Å². The topological polar surface area (TPSA) is 151 Å². The molecule has 1 aliphatic rings. The molecule has 2 aromatic heterocycles. The molecule has 3 aromatic rings. The number of nitrogens with zero attached hydrogens (tertiary/aromatic N) is 7. The third-order valence-electron chi connectivity index (χ3n) is 5.51. The van der Waals surface area contributed by atoms with E-state index in [4.69, 9.17) is 5.73 Å². The number of nitrogens with one attached hydrogen (secondary N) is 2. The van der Waals surface area contributed by atoms with Gasteiger partial charge in [-0.3, -0.25) is 4.79 Å². The van der Waals surface area contributed by atoms with Gasteiger partial charge in [-0.05, 0) is 31.0 Å². The largest absolute Gasteiger partial charge is 0.365 e. The molecule has 1 fully saturated rings. The maximum Gasteiger partial charge on any atom is 0.254 e. The van der Waals surface area contributed by atoms with Crippen LogP contribution in [0.2, 0.25) is 0 Å². The first-order valence-corrected chi connectivity index (χ1v) is 10.3. The van der Waals surface area contributed by atoms with Crippen LogP contribution < -0.4 is 16.4 Å². The Bertz CT molecular complexity index is 1120. The lowest BCUT2D eigenvalue weighted by atomic mass is 9.89. The number of benzene rings is 1. The van der Waals surface area contributed by atoms with E-state index in [-0.39, 0.29) is 17.6 Å². The van der Waals surface area contributed by atoms with Gasteiger partial charge >= 0.3 is 0 Å². The van der Waals surface area contributed by atoms with Crippen LogP contribution in [0.15, 0.2) is 42.9 Å². The van der Waals surface area contributed by atoms with Gasteiger partial charge < -0.3 is 21.3 Å². The molecule has 0 spiro atoms. The molecule has 11 nitrogen and oxygen atoms in total. The number of amides is 1. The summed E-state index contributed by atoms with van der Waals surface area (Å²) in [6.07, 6.45) is 10.8. The number of likely N-dealkylation sites (N-methyl/N-ethyl adjacent to an activating group) is 1. The molecule has 0 saturated heterocycles. The first-order valence-electron chi connectivity index (χ1n) is 10.3. The fourth-order valence-electron chi connectivity index (χ4n) is 3.90. The first kappa shape index (κ1) is 21.0. The Balaban J connectivity index is 1.59. The van der Waals surface area contributed by atoms with Crippen LogP contribution in [0.3, 0.4) is 0 Å².